The van der Waals surface area contributed by atoms with Gasteiger partial charge in [-0.25, -0.2) is 0 Å². The molecule has 0 N–H and O–H groups in total. The maximum atomic E-state index is 2.44. The number of para-hydroxylation sites is 2. The van der Waals surface area contributed by atoms with Crippen molar-refractivity contribution in [2.24, 2.45) is 0 Å². The fourth-order valence-electron chi connectivity index (χ4n) is 7.52. The minimum Gasteiger partial charge on any atom is -0.309 e. The standard InChI is InChI=1S/C52H37N/c1-3-17-38(18-4-1)41-23-13-27-45(35-41)50-31-10-12-34-52(50)53(51-33-11-9-30-49(51)40-19-5-2-6-20-40)46-28-15-25-43(37-46)42-24-14-26-44(36-42)48-32-16-22-39-21-7-8-29-47(39)48/h1-37H. The van der Waals surface area contributed by atoms with Crippen LogP contribution < -0.4 is 4.90 Å². The lowest BCUT2D eigenvalue weighted by atomic mass is 9.94. The predicted octanol–water partition coefficient (Wildman–Crippen LogP) is 14.6. The summed E-state index contributed by atoms with van der Waals surface area (Å²) < 4.78 is 0. The first-order chi connectivity index (χ1) is 26.3. The van der Waals surface area contributed by atoms with Gasteiger partial charge < -0.3 is 4.90 Å². The Morgan fingerprint density at radius 2 is 0.660 bits per heavy atom. The molecule has 0 aliphatic rings. The molecule has 0 aliphatic heterocycles. The van der Waals surface area contributed by atoms with Crippen molar-refractivity contribution in [3.05, 3.63) is 224 Å². The zero-order chi connectivity index (χ0) is 35.4. The number of hydrogen-bond donors (Lipinski definition) is 0. The molecular weight excluding hydrogens is 639 g/mol. The van der Waals surface area contributed by atoms with Crippen LogP contribution in [0.4, 0.5) is 17.1 Å². The summed E-state index contributed by atoms with van der Waals surface area (Å²) in [7, 11) is 0. The average molecular weight is 676 g/mol. The van der Waals surface area contributed by atoms with Gasteiger partial charge in [0.05, 0.1) is 11.4 Å². The molecule has 1 nitrogen and oxygen atoms in total. The minimum atomic E-state index is 1.09. The first-order valence-corrected chi connectivity index (χ1v) is 18.2. The smallest absolute Gasteiger partial charge is 0.0540 e. The highest BCUT2D eigenvalue weighted by Crippen LogP contribution is 2.46. The quantitative estimate of drug-likeness (QED) is 0.155. The Balaban J connectivity index is 1.21. The van der Waals surface area contributed by atoms with Gasteiger partial charge in [0.1, 0.15) is 0 Å². The van der Waals surface area contributed by atoms with E-state index in [0.717, 1.165) is 28.2 Å². The molecule has 0 fully saturated rings. The monoisotopic (exact) mass is 675 g/mol. The third-order valence-electron chi connectivity index (χ3n) is 10.1. The van der Waals surface area contributed by atoms with Gasteiger partial charge in [-0.1, -0.05) is 188 Å². The summed E-state index contributed by atoms with van der Waals surface area (Å²) in [5, 5.41) is 2.51. The number of rotatable bonds is 8. The van der Waals surface area contributed by atoms with Crippen LogP contribution in [-0.2, 0) is 0 Å². The first kappa shape index (κ1) is 32.0. The van der Waals surface area contributed by atoms with Gasteiger partial charge in [0.2, 0.25) is 0 Å². The van der Waals surface area contributed by atoms with E-state index < -0.39 is 0 Å². The van der Waals surface area contributed by atoms with E-state index in [1.807, 2.05) is 0 Å². The zero-order valence-electron chi connectivity index (χ0n) is 29.3. The van der Waals surface area contributed by atoms with Gasteiger partial charge in [0.25, 0.3) is 0 Å². The number of benzene rings is 9. The van der Waals surface area contributed by atoms with E-state index in [-0.39, 0.29) is 0 Å². The van der Waals surface area contributed by atoms with E-state index in [2.05, 4.69) is 229 Å². The van der Waals surface area contributed by atoms with E-state index in [0.29, 0.717) is 0 Å². The van der Waals surface area contributed by atoms with Crippen molar-refractivity contribution >= 4 is 27.8 Å². The zero-order valence-corrected chi connectivity index (χ0v) is 29.3. The number of nitrogens with zero attached hydrogens (tertiary/aromatic N) is 1. The van der Waals surface area contributed by atoms with Crippen molar-refractivity contribution in [3.8, 4) is 55.6 Å². The third-order valence-corrected chi connectivity index (χ3v) is 10.1. The molecule has 250 valence electrons. The fraction of sp³-hybridized carbons (Fsp3) is 0. The van der Waals surface area contributed by atoms with Crippen LogP contribution in [0.5, 0.6) is 0 Å². The second-order valence-electron chi connectivity index (χ2n) is 13.3. The highest BCUT2D eigenvalue weighted by molar-refractivity contribution is 5.98. The van der Waals surface area contributed by atoms with Crippen molar-refractivity contribution in [2.45, 2.75) is 0 Å². The van der Waals surface area contributed by atoms with E-state index >= 15 is 0 Å². The molecule has 0 saturated carbocycles. The summed E-state index contributed by atoms with van der Waals surface area (Å²) in [4.78, 5) is 2.44. The Labute approximate surface area is 311 Å². The third kappa shape index (κ3) is 6.42. The lowest BCUT2D eigenvalue weighted by Gasteiger charge is -2.30. The maximum absolute atomic E-state index is 2.44. The Kier molecular flexibility index (Phi) is 8.66. The van der Waals surface area contributed by atoms with Gasteiger partial charge in [-0.15, -0.1) is 0 Å². The summed E-state index contributed by atoms with van der Waals surface area (Å²) in [5.74, 6) is 0. The molecule has 9 aromatic carbocycles. The highest BCUT2D eigenvalue weighted by Gasteiger charge is 2.21. The second kappa shape index (κ2) is 14.3. The summed E-state index contributed by atoms with van der Waals surface area (Å²) >= 11 is 0. The molecule has 0 amide bonds. The fourth-order valence-corrected chi connectivity index (χ4v) is 7.52. The highest BCUT2D eigenvalue weighted by atomic mass is 15.1. The largest absolute Gasteiger partial charge is 0.309 e. The van der Waals surface area contributed by atoms with Crippen LogP contribution in [0.3, 0.4) is 0 Å². The average Bonchev–Trinajstić information content (AvgIpc) is 3.25. The van der Waals surface area contributed by atoms with E-state index in [4.69, 9.17) is 0 Å². The van der Waals surface area contributed by atoms with E-state index in [9.17, 15) is 0 Å². The molecule has 0 aliphatic carbocycles. The molecule has 0 radical (unpaired) electrons. The maximum Gasteiger partial charge on any atom is 0.0540 e. The van der Waals surface area contributed by atoms with Gasteiger partial charge in [0, 0.05) is 16.8 Å². The normalized spacial score (nSPS) is 11.0. The summed E-state index contributed by atoms with van der Waals surface area (Å²) in [6.45, 7) is 0. The molecule has 0 atom stereocenters. The van der Waals surface area contributed by atoms with E-state index in [1.165, 1.54) is 55.3 Å². The molecule has 0 unspecified atom stereocenters. The van der Waals surface area contributed by atoms with Crippen LogP contribution >= 0.6 is 0 Å². The number of anilines is 3. The number of hydrogen-bond acceptors (Lipinski definition) is 1. The molecule has 53 heavy (non-hydrogen) atoms. The van der Waals surface area contributed by atoms with E-state index in [1.54, 1.807) is 0 Å². The van der Waals surface area contributed by atoms with Gasteiger partial charge in [0.15, 0.2) is 0 Å². The molecule has 0 aromatic heterocycles. The Morgan fingerprint density at radius 1 is 0.245 bits per heavy atom. The minimum absolute atomic E-state index is 1.09. The molecule has 1 heteroatoms. The van der Waals surface area contributed by atoms with Gasteiger partial charge >= 0.3 is 0 Å². The molecule has 0 spiro atoms. The van der Waals surface area contributed by atoms with Crippen molar-refractivity contribution < 1.29 is 0 Å². The van der Waals surface area contributed by atoms with Crippen molar-refractivity contribution in [2.75, 3.05) is 4.90 Å². The van der Waals surface area contributed by atoms with Crippen molar-refractivity contribution in [1.29, 1.82) is 0 Å². The van der Waals surface area contributed by atoms with Crippen LogP contribution in [-0.4, -0.2) is 0 Å². The Hall–Kier alpha value is -6.96. The molecule has 9 rings (SSSR count). The summed E-state index contributed by atoms with van der Waals surface area (Å²) in [6.07, 6.45) is 0. The van der Waals surface area contributed by atoms with Gasteiger partial charge in [-0.05, 0) is 91.7 Å². The topological polar surface area (TPSA) is 3.24 Å². The first-order valence-electron chi connectivity index (χ1n) is 18.2. The lowest BCUT2D eigenvalue weighted by Crippen LogP contribution is -2.12. The Morgan fingerprint density at radius 3 is 1.36 bits per heavy atom. The van der Waals surface area contributed by atoms with Crippen LogP contribution in [0.15, 0.2) is 224 Å². The van der Waals surface area contributed by atoms with Crippen LogP contribution in [0.25, 0.3) is 66.4 Å². The second-order valence-corrected chi connectivity index (χ2v) is 13.3. The van der Waals surface area contributed by atoms with Crippen LogP contribution in [0, 0.1) is 0 Å². The summed E-state index contributed by atoms with van der Waals surface area (Å²) in [6, 6.07) is 80.9. The van der Waals surface area contributed by atoms with Crippen molar-refractivity contribution in [3.63, 3.8) is 0 Å². The lowest BCUT2D eigenvalue weighted by molar-refractivity contribution is 1.28. The predicted molar refractivity (Wildman–Crippen MR) is 226 cm³/mol. The molecule has 9 aromatic rings. The van der Waals surface area contributed by atoms with Gasteiger partial charge in [-0.2, -0.15) is 0 Å². The summed E-state index contributed by atoms with van der Waals surface area (Å²) in [5.41, 5.74) is 15.2. The van der Waals surface area contributed by atoms with Gasteiger partial charge in [-0.3, -0.25) is 0 Å². The van der Waals surface area contributed by atoms with Crippen LogP contribution in [0.1, 0.15) is 0 Å². The van der Waals surface area contributed by atoms with Crippen LogP contribution in [0.2, 0.25) is 0 Å². The SMILES string of the molecule is c1ccc(-c2cccc(-c3ccccc3N(c3cccc(-c4cccc(-c5cccc6ccccc56)c4)c3)c3ccccc3-c3ccccc3)c2)cc1. The molecule has 0 heterocycles. The molecular formula is C52H37N. The number of fused-ring (bicyclic) bond motifs is 1. The molecule has 0 saturated heterocycles. The Bertz CT molecular complexity index is 2670. The van der Waals surface area contributed by atoms with Crippen molar-refractivity contribution in [1.82, 2.24) is 0 Å². The molecule has 0 bridgehead atoms.